The van der Waals surface area contributed by atoms with Crippen molar-refractivity contribution in [1.29, 1.82) is 0 Å². The van der Waals surface area contributed by atoms with Gasteiger partial charge in [0.05, 0.1) is 6.10 Å². The van der Waals surface area contributed by atoms with E-state index in [4.69, 9.17) is 4.74 Å². The van der Waals surface area contributed by atoms with Crippen molar-refractivity contribution in [2.45, 2.75) is 77.4 Å². The summed E-state index contributed by atoms with van der Waals surface area (Å²) in [6, 6.07) is 0. The summed E-state index contributed by atoms with van der Waals surface area (Å²) in [6.07, 6.45) is 16.4. The van der Waals surface area contributed by atoms with Crippen molar-refractivity contribution in [3.63, 3.8) is 0 Å². The Bertz CT molecular complexity index is 345. The van der Waals surface area contributed by atoms with Gasteiger partial charge in [-0.15, -0.1) is 6.58 Å². The Morgan fingerprint density at radius 1 is 1.18 bits per heavy atom. The van der Waals surface area contributed by atoms with Crippen LogP contribution in [0.3, 0.4) is 0 Å². The van der Waals surface area contributed by atoms with Gasteiger partial charge in [0, 0.05) is 13.3 Å². The predicted molar refractivity (Wildman–Crippen MR) is 92.6 cm³/mol. The number of hydrogen-bond acceptors (Lipinski definition) is 3. The summed E-state index contributed by atoms with van der Waals surface area (Å²) in [6.45, 7) is 7.18. The van der Waals surface area contributed by atoms with Gasteiger partial charge < -0.3 is 9.84 Å². The van der Waals surface area contributed by atoms with Crippen LogP contribution in [0.1, 0.15) is 65.2 Å². The van der Waals surface area contributed by atoms with Gasteiger partial charge >= 0.3 is 5.97 Å². The number of carbonyl (C=O) groups excluding carboxylic acids is 1. The topological polar surface area (TPSA) is 46.5 Å². The minimum absolute atomic E-state index is 0.338. The summed E-state index contributed by atoms with van der Waals surface area (Å²) >= 11 is 0. The highest BCUT2D eigenvalue weighted by Crippen LogP contribution is 2.14. The molecule has 0 rings (SSSR count). The number of allylic oxidation sites excluding steroid dienone is 4. The lowest BCUT2D eigenvalue weighted by molar-refractivity contribution is -0.152. The molecule has 0 aliphatic rings. The van der Waals surface area contributed by atoms with Crippen LogP contribution in [-0.4, -0.2) is 23.3 Å². The molecule has 126 valence electrons. The molecule has 3 nitrogen and oxygen atoms in total. The number of aliphatic hydroxyl groups excluding tert-OH is 1. The van der Waals surface area contributed by atoms with Crippen LogP contribution < -0.4 is 0 Å². The van der Waals surface area contributed by atoms with Crippen LogP contribution in [0.25, 0.3) is 0 Å². The van der Waals surface area contributed by atoms with Crippen LogP contribution in [-0.2, 0) is 9.53 Å². The van der Waals surface area contributed by atoms with E-state index in [9.17, 15) is 9.90 Å². The average molecular weight is 308 g/mol. The van der Waals surface area contributed by atoms with Crippen LogP contribution >= 0.6 is 0 Å². The van der Waals surface area contributed by atoms with Gasteiger partial charge in [-0.25, -0.2) is 0 Å². The fourth-order valence-electron chi connectivity index (χ4n) is 2.17. The van der Waals surface area contributed by atoms with Gasteiger partial charge in [0.2, 0.25) is 0 Å². The van der Waals surface area contributed by atoms with E-state index >= 15 is 0 Å². The Kier molecular flexibility index (Phi) is 13.7. The van der Waals surface area contributed by atoms with Crippen LogP contribution in [0.2, 0.25) is 0 Å². The van der Waals surface area contributed by atoms with Crippen LogP contribution in [0, 0.1) is 0 Å². The maximum Gasteiger partial charge on any atom is 0.303 e. The number of unbranched alkanes of at least 4 members (excludes halogenated alkanes) is 3. The molecule has 0 aromatic rings. The summed E-state index contributed by atoms with van der Waals surface area (Å²) in [5.41, 5.74) is 0. The van der Waals surface area contributed by atoms with Crippen LogP contribution in [0.5, 0.6) is 0 Å². The molecule has 1 N–H and O–H groups in total. The van der Waals surface area contributed by atoms with Gasteiger partial charge in [-0.3, -0.25) is 4.79 Å². The summed E-state index contributed by atoms with van der Waals surface area (Å²) in [5, 5.41) is 10.2. The first-order chi connectivity index (χ1) is 10.6. The summed E-state index contributed by atoms with van der Waals surface area (Å²) in [7, 11) is 0. The molecule has 0 saturated carbocycles. The van der Waals surface area contributed by atoms with Crippen molar-refractivity contribution < 1.29 is 14.6 Å². The molecule has 0 radical (unpaired) electrons. The Morgan fingerprint density at radius 3 is 2.55 bits per heavy atom. The largest absolute Gasteiger partial charge is 0.459 e. The molecule has 0 aromatic carbocycles. The van der Waals surface area contributed by atoms with Gasteiger partial charge in [-0.1, -0.05) is 50.1 Å². The molecule has 0 amide bonds. The lowest BCUT2D eigenvalue weighted by Gasteiger charge is -2.21. The summed E-state index contributed by atoms with van der Waals surface area (Å²) in [5.74, 6) is -0.338. The molecule has 3 heteroatoms. The van der Waals surface area contributed by atoms with E-state index in [1.54, 1.807) is 0 Å². The van der Waals surface area contributed by atoms with Crippen molar-refractivity contribution in [3.8, 4) is 0 Å². The monoisotopic (exact) mass is 308 g/mol. The van der Waals surface area contributed by atoms with Gasteiger partial charge in [0.15, 0.2) is 0 Å². The van der Waals surface area contributed by atoms with E-state index in [-0.39, 0.29) is 5.97 Å². The number of esters is 1. The predicted octanol–water partition coefficient (Wildman–Crippen LogP) is 4.72. The molecule has 0 aliphatic carbocycles. The van der Waals surface area contributed by atoms with E-state index in [1.807, 2.05) is 18.2 Å². The molecule has 0 spiro atoms. The van der Waals surface area contributed by atoms with E-state index in [1.165, 1.54) is 6.92 Å². The maximum atomic E-state index is 11.2. The molecule has 2 atom stereocenters. The smallest absolute Gasteiger partial charge is 0.303 e. The standard InChI is InChI=1S/C19H32O3/c1-4-6-8-10-12-14-16-19(22-17(3)20)18(21)15-13-11-9-7-5-2/h5-6,8,12,14,18-19,21H,2,4,7,9-11,13,15-16H2,1,3H3. The van der Waals surface area contributed by atoms with Crippen molar-refractivity contribution in [3.05, 3.63) is 37.0 Å². The van der Waals surface area contributed by atoms with Crippen molar-refractivity contribution in [2.24, 2.45) is 0 Å². The first kappa shape index (κ1) is 20.6. The number of hydrogen-bond donors (Lipinski definition) is 1. The minimum atomic E-state index is -0.594. The second kappa shape index (κ2) is 14.6. The molecule has 0 heterocycles. The number of aliphatic hydroxyl groups is 1. The lowest BCUT2D eigenvalue weighted by atomic mass is 10.0. The first-order valence-corrected chi connectivity index (χ1v) is 8.38. The van der Waals surface area contributed by atoms with Crippen molar-refractivity contribution >= 4 is 5.97 Å². The van der Waals surface area contributed by atoms with Gasteiger partial charge in [-0.2, -0.15) is 0 Å². The lowest BCUT2D eigenvalue weighted by Crippen LogP contribution is -2.30. The quantitative estimate of drug-likeness (QED) is 0.304. The molecule has 22 heavy (non-hydrogen) atoms. The average Bonchev–Trinajstić information content (AvgIpc) is 2.48. The third-order valence-electron chi connectivity index (χ3n) is 3.36. The molecular weight excluding hydrogens is 276 g/mol. The number of rotatable bonds is 13. The Labute approximate surface area is 135 Å². The fraction of sp³-hybridized carbons (Fsp3) is 0.632. The molecule has 0 bridgehead atoms. The maximum absolute atomic E-state index is 11.2. The summed E-state index contributed by atoms with van der Waals surface area (Å²) in [4.78, 5) is 11.2. The van der Waals surface area contributed by atoms with Gasteiger partial charge in [0.25, 0.3) is 0 Å². The molecule has 0 saturated heterocycles. The normalized spacial score (nSPS) is 14.3. The third-order valence-corrected chi connectivity index (χ3v) is 3.36. The van der Waals surface area contributed by atoms with Gasteiger partial charge in [-0.05, 0) is 32.1 Å². The number of ether oxygens (including phenoxy) is 1. The third kappa shape index (κ3) is 12.4. The van der Waals surface area contributed by atoms with Gasteiger partial charge in [0.1, 0.15) is 6.10 Å². The zero-order valence-electron chi connectivity index (χ0n) is 14.2. The molecule has 0 fully saturated rings. The van der Waals surface area contributed by atoms with Crippen molar-refractivity contribution in [2.75, 3.05) is 0 Å². The van der Waals surface area contributed by atoms with E-state index in [2.05, 4.69) is 25.7 Å². The highest BCUT2D eigenvalue weighted by molar-refractivity contribution is 5.66. The Hall–Kier alpha value is -1.35. The highest BCUT2D eigenvalue weighted by Gasteiger charge is 2.20. The minimum Gasteiger partial charge on any atom is -0.459 e. The SMILES string of the molecule is C=CCCCCCC(O)C(CC=CCC=CCC)OC(C)=O. The molecule has 2 unspecified atom stereocenters. The second-order valence-electron chi connectivity index (χ2n) is 5.46. The van der Waals surface area contributed by atoms with E-state index in [0.29, 0.717) is 12.8 Å². The highest BCUT2D eigenvalue weighted by atomic mass is 16.6. The zero-order valence-corrected chi connectivity index (χ0v) is 14.2. The summed E-state index contributed by atoms with van der Waals surface area (Å²) < 4.78 is 5.24. The number of carbonyl (C=O) groups is 1. The Balaban J connectivity index is 4.15. The molecular formula is C19H32O3. The van der Waals surface area contributed by atoms with E-state index in [0.717, 1.165) is 38.5 Å². The fourth-order valence-corrected chi connectivity index (χ4v) is 2.17. The zero-order chi connectivity index (χ0) is 16.6. The Morgan fingerprint density at radius 2 is 1.91 bits per heavy atom. The van der Waals surface area contributed by atoms with Crippen molar-refractivity contribution in [1.82, 2.24) is 0 Å². The van der Waals surface area contributed by atoms with Crippen LogP contribution in [0.15, 0.2) is 37.0 Å². The molecule has 0 aliphatic heterocycles. The molecule has 0 aromatic heterocycles. The first-order valence-electron chi connectivity index (χ1n) is 8.38. The van der Waals surface area contributed by atoms with E-state index < -0.39 is 12.2 Å². The van der Waals surface area contributed by atoms with Crippen LogP contribution in [0.4, 0.5) is 0 Å². The second-order valence-corrected chi connectivity index (χ2v) is 5.46.